The molecule has 0 aliphatic carbocycles. The van der Waals surface area contributed by atoms with Gasteiger partial charge in [-0.15, -0.1) is 0 Å². The van der Waals surface area contributed by atoms with Gasteiger partial charge < -0.3 is 9.84 Å². The highest BCUT2D eigenvalue weighted by Crippen LogP contribution is 2.17. The second-order valence-corrected chi connectivity index (χ2v) is 11.0. The Kier molecular flexibility index (Phi) is 29.8. The molecule has 4 heteroatoms. The summed E-state index contributed by atoms with van der Waals surface area (Å²) in [6.07, 6.45) is 41.1. The summed E-state index contributed by atoms with van der Waals surface area (Å²) in [6.45, 7) is 4.41. The van der Waals surface area contributed by atoms with E-state index in [-0.39, 0.29) is 18.5 Å². The summed E-state index contributed by atoms with van der Waals surface area (Å²) < 4.78 is 5.68. The molecule has 1 N–H and O–H groups in total. The van der Waals surface area contributed by atoms with Gasteiger partial charge in [0.1, 0.15) is 6.10 Å². The summed E-state index contributed by atoms with van der Waals surface area (Å²) in [5, 5.41) is 9.07. The van der Waals surface area contributed by atoms with Crippen molar-refractivity contribution in [2.24, 2.45) is 0 Å². The van der Waals surface area contributed by atoms with Crippen LogP contribution in [0.5, 0.6) is 0 Å². The van der Waals surface area contributed by atoms with Gasteiger partial charge in [0.2, 0.25) is 0 Å². The molecule has 0 aliphatic heterocycles. The number of ether oxygens (including phenoxy) is 1. The van der Waals surface area contributed by atoms with Crippen LogP contribution < -0.4 is 0 Å². The van der Waals surface area contributed by atoms with E-state index in [4.69, 9.17) is 9.84 Å². The first-order chi connectivity index (χ1) is 19.6. The zero-order chi connectivity index (χ0) is 29.4. The number of aliphatic carboxylic acids is 1. The first-order valence-corrected chi connectivity index (χ1v) is 16.6. The van der Waals surface area contributed by atoms with Gasteiger partial charge in [0, 0.05) is 12.8 Å². The molecular formula is C36H62O4. The number of esters is 1. The summed E-state index contributed by atoms with van der Waals surface area (Å²) in [4.78, 5) is 23.4. The molecule has 230 valence electrons. The molecule has 0 aromatic carbocycles. The third kappa shape index (κ3) is 30.4. The van der Waals surface area contributed by atoms with Crippen LogP contribution in [-0.4, -0.2) is 23.1 Å². The fourth-order valence-corrected chi connectivity index (χ4v) is 4.63. The van der Waals surface area contributed by atoms with Crippen molar-refractivity contribution in [3.8, 4) is 0 Å². The number of hydrogen-bond acceptors (Lipinski definition) is 3. The minimum atomic E-state index is -0.825. The number of carbonyl (C=O) groups excluding carboxylic acids is 1. The molecule has 0 aliphatic rings. The number of carbonyl (C=O) groups is 2. The Morgan fingerprint density at radius 3 is 1.60 bits per heavy atom. The summed E-state index contributed by atoms with van der Waals surface area (Å²) in [7, 11) is 0. The van der Waals surface area contributed by atoms with Crippen molar-refractivity contribution < 1.29 is 19.4 Å². The number of rotatable bonds is 29. The van der Waals surface area contributed by atoms with Crippen LogP contribution in [0.4, 0.5) is 0 Å². The molecule has 0 aromatic rings. The highest BCUT2D eigenvalue weighted by atomic mass is 16.5. The van der Waals surface area contributed by atoms with Crippen LogP contribution in [0.3, 0.4) is 0 Å². The molecule has 0 saturated heterocycles. The van der Waals surface area contributed by atoms with Gasteiger partial charge in [-0.1, -0.05) is 133 Å². The van der Waals surface area contributed by atoms with Gasteiger partial charge in [0.25, 0.3) is 0 Å². The molecule has 0 radical (unpaired) electrons. The van der Waals surface area contributed by atoms with Crippen molar-refractivity contribution in [1.82, 2.24) is 0 Å². The number of carboxylic acid groups (broad SMARTS) is 1. The van der Waals surface area contributed by atoms with Gasteiger partial charge in [-0.2, -0.15) is 0 Å². The molecule has 1 atom stereocenters. The minimum Gasteiger partial charge on any atom is -0.481 e. The first-order valence-electron chi connectivity index (χ1n) is 16.6. The van der Waals surface area contributed by atoms with Gasteiger partial charge in [0.15, 0.2) is 0 Å². The zero-order valence-electron chi connectivity index (χ0n) is 26.1. The van der Waals surface area contributed by atoms with E-state index >= 15 is 0 Å². The smallest absolute Gasteiger partial charge is 0.306 e. The van der Waals surface area contributed by atoms with E-state index < -0.39 is 5.97 Å². The molecule has 0 amide bonds. The number of carboxylic acids is 1. The van der Waals surface area contributed by atoms with Crippen molar-refractivity contribution in [2.45, 2.75) is 168 Å². The average molecular weight is 559 g/mol. The van der Waals surface area contributed by atoms with Crippen LogP contribution in [0.2, 0.25) is 0 Å². The van der Waals surface area contributed by atoms with E-state index in [0.717, 1.165) is 64.2 Å². The van der Waals surface area contributed by atoms with Gasteiger partial charge >= 0.3 is 11.9 Å². The molecule has 4 nitrogen and oxygen atoms in total. The fraction of sp³-hybridized carbons (Fsp3) is 0.722. The van der Waals surface area contributed by atoms with Gasteiger partial charge in [-0.3, -0.25) is 9.59 Å². The zero-order valence-corrected chi connectivity index (χ0v) is 26.1. The Balaban J connectivity index is 3.90. The van der Waals surface area contributed by atoms with Crippen molar-refractivity contribution in [3.05, 3.63) is 48.6 Å². The topological polar surface area (TPSA) is 63.6 Å². The lowest BCUT2D eigenvalue weighted by atomic mass is 10.0. The number of hydrogen-bond donors (Lipinski definition) is 1. The monoisotopic (exact) mass is 558 g/mol. The Hall–Kier alpha value is -2.10. The molecule has 40 heavy (non-hydrogen) atoms. The van der Waals surface area contributed by atoms with Gasteiger partial charge in [0.05, 0.1) is 0 Å². The van der Waals surface area contributed by atoms with Crippen LogP contribution in [0.1, 0.15) is 162 Å². The maximum absolute atomic E-state index is 12.3. The number of allylic oxidation sites excluding steroid dienone is 8. The summed E-state index contributed by atoms with van der Waals surface area (Å²) >= 11 is 0. The molecule has 0 spiro atoms. The van der Waals surface area contributed by atoms with Crippen molar-refractivity contribution in [2.75, 3.05) is 0 Å². The van der Waals surface area contributed by atoms with Crippen molar-refractivity contribution >= 4 is 11.9 Å². The lowest BCUT2D eigenvalue weighted by Crippen LogP contribution is -2.19. The Morgan fingerprint density at radius 1 is 0.575 bits per heavy atom. The Labute approximate surface area is 247 Å². The van der Waals surface area contributed by atoms with Crippen molar-refractivity contribution in [3.63, 3.8) is 0 Å². The molecular weight excluding hydrogens is 496 g/mol. The molecule has 1 unspecified atom stereocenters. The Morgan fingerprint density at radius 2 is 1.07 bits per heavy atom. The van der Waals surface area contributed by atoms with E-state index in [1.807, 2.05) is 0 Å². The second kappa shape index (κ2) is 31.4. The lowest BCUT2D eigenvalue weighted by Gasteiger charge is -2.17. The van der Waals surface area contributed by atoms with Gasteiger partial charge in [-0.05, 0) is 64.2 Å². The summed E-state index contributed by atoms with van der Waals surface area (Å²) in [5.41, 5.74) is 0. The van der Waals surface area contributed by atoms with Gasteiger partial charge in [-0.25, -0.2) is 0 Å². The molecule has 0 fully saturated rings. The highest BCUT2D eigenvalue weighted by Gasteiger charge is 2.15. The third-order valence-corrected chi connectivity index (χ3v) is 7.08. The van der Waals surface area contributed by atoms with E-state index in [0.29, 0.717) is 12.8 Å². The van der Waals surface area contributed by atoms with Crippen LogP contribution >= 0.6 is 0 Å². The maximum Gasteiger partial charge on any atom is 0.306 e. The van der Waals surface area contributed by atoms with Crippen molar-refractivity contribution in [1.29, 1.82) is 0 Å². The molecule has 0 aromatic heterocycles. The Bertz CT molecular complexity index is 689. The molecule has 0 heterocycles. The molecule has 0 saturated carbocycles. The minimum absolute atomic E-state index is 0.0576. The lowest BCUT2D eigenvalue weighted by molar-refractivity contribution is -0.151. The normalized spacial score (nSPS) is 12.8. The first kappa shape index (κ1) is 37.9. The quantitative estimate of drug-likeness (QED) is 0.0563. The summed E-state index contributed by atoms with van der Waals surface area (Å²) in [6, 6.07) is 0. The largest absolute Gasteiger partial charge is 0.481 e. The fourth-order valence-electron chi connectivity index (χ4n) is 4.63. The van der Waals surface area contributed by atoms with E-state index in [9.17, 15) is 9.59 Å². The standard InChI is InChI=1S/C36H62O4/c1-3-5-7-9-11-13-15-17-18-19-21-23-25-27-29-31-36(39)40-34(32-33-35(37)38)30-28-26-24-22-20-16-14-12-10-8-6-4-2/h5,7,11,13,17-18,21,23,34H,3-4,6,8-10,12,14-16,19-20,22,24-33H2,1-2H3,(H,37,38)/b7-5-,13-11-,18-17-,23-21-. The predicted octanol–water partition coefficient (Wildman–Crippen LogP) is 11.2. The molecule has 0 bridgehead atoms. The summed E-state index contributed by atoms with van der Waals surface area (Å²) in [5.74, 6) is -1.01. The SMILES string of the molecule is CC/C=C\C/C=C\C/C=C\C/C=C\CCCCC(=O)OC(CCCCCCCCCCCCCC)CCC(=O)O. The van der Waals surface area contributed by atoms with E-state index in [1.165, 1.54) is 64.2 Å². The van der Waals surface area contributed by atoms with E-state index in [2.05, 4.69) is 62.5 Å². The van der Waals surface area contributed by atoms with Crippen LogP contribution in [0, 0.1) is 0 Å². The van der Waals surface area contributed by atoms with Crippen LogP contribution in [-0.2, 0) is 14.3 Å². The maximum atomic E-state index is 12.3. The average Bonchev–Trinajstić information content (AvgIpc) is 2.94. The van der Waals surface area contributed by atoms with Crippen LogP contribution in [0.25, 0.3) is 0 Å². The van der Waals surface area contributed by atoms with Crippen LogP contribution in [0.15, 0.2) is 48.6 Å². The predicted molar refractivity (Wildman–Crippen MR) is 172 cm³/mol. The molecule has 0 rings (SSSR count). The number of unbranched alkanes of at least 4 members (excludes halogenated alkanes) is 13. The highest BCUT2D eigenvalue weighted by molar-refractivity contribution is 5.69. The second-order valence-electron chi connectivity index (χ2n) is 11.0. The third-order valence-electron chi connectivity index (χ3n) is 7.08. The van der Waals surface area contributed by atoms with E-state index in [1.54, 1.807) is 0 Å².